The molecule has 3 fully saturated rings. The maximum Gasteiger partial charge on any atom is 0.0543 e. The lowest BCUT2D eigenvalue weighted by molar-refractivity contribution is -0.0424. The van der Waals surface area contributed by atoms with Crippen LogP contribution in [0.25, 0.3) is 0 Å². The minimum Gasteiger partial charge on any atom is -0.393 e. The van der Waals surface area contributed by atoms with Crippen LogP contribution in [0.2, 0.25) is 0 Å². The molecule has 0 unspecified atom stereocenters. The van der Waals surface area contributed by atoms with Gasteiger partial charge in [0.25, 0.3) is 0 Å². The van der Waals surface area contributed by atoms with Gasteiger partial charge in [-0.05, 0) is 112 Å². The van der Waals surface area contributed by atoms with Gasteiger partial charge in [-0.2, -0.15) is 0 Å². The lowest BCUT2D eigenvalue weighted by atomic mass is 9.47. The second-order valence-electron chi connectivity index (χ2n) is 11.4. The molecule has 0 amide bonds. The molecule has 0 spiro atoms. The van der Waals surface area contributed by atoms with Gasteiger partial charge in [-0.15, -0.1) is 0 Å². The van der Waals surface area contributed by atoms with Gasteiger partial charge in [-0.3, -0.25) is 0 Å². The van der Waals surface area contributed by atoms with E-state index in [0.29, 0.717) is 16.7 Å². The summed E-state index contributed by atoms with van der Waals surface area (Å²) in [6.07, 6.45) is 16.6. The van der Waals surface area contributed by atoms with E-state index in [2.05, 4.69) is 46.8 Å². The lowest BCUT2D eigenvalue weighted by Crippen LogP contribution is -2.49. The van der Waals surface area contributed by atoms with Gasteiger partial charge in [0, 0.05) is 0 Å². The zero-order valence-corrected chi connectivity index (χ0v) is 18.4. The van der Waals surface area contributed by atoms with E-state index in [1.165, 1.54) is 50.5 Å². The summed E-state index contributed by atoms with van der Waals surface area (Å²) in [6.45, 7) is 12.2. The Morgan fingerprint density at radius 2 is 1.81 bits per heavy atom. The number of aliphatic hydroxyl groups excluding tert-OH is 1. The largest absolute Gasteiger partial charge is 0.393 e. The SMILES string of the molecule is CC(C)=CC[C@@H](C)[C@H]1CC[C@H]2C3=CC[C@H]4C[C@@H](O)CC[C@]4(C)[C@H]3CC[C@]12C. The number of hydrogen-bond acceptors (Lipinski definition) is 1. The van der Waals surface area contributed by atoms with E-state index in [1.807, 2.05) is 5.57 Å². The summed E-state index contributed by atoms with van der Waals surface area (Å²) in [5.74, 6) is 4.05. The molecule has 0 aromatic heterocycles. The first-order chi connectivity index (χ1) is 12.8. The van der Waals surface area contributed by atoms with Crippen LogP contribution in [0.4, 0.5) is 0 Å². The molecule has 3 saturated carbocycles. The van der Waals surface area contributed by atoms with Crippen molar-refractivity contribution in [3.05, 3.63) is 23.3 Å². The van der Waals surface area contributed by atoms with Crippen LogP contribution in [0.15, 0.2) is 23.3 Å². The van der Waals surface area contributed by atoms with Crippen molar-refractivity contribution < 1.29 is 5.11 Å². The first kappa shape index (κ1) is 19.7. The fourth-order valence-corrected chi connectivity index (χ4v) is 8.05. The van der Waals surface area contributed by atoms with E-state index in [4.69, 9.17) is 0 Å². The summed E-state index contributed by atoms with van der Waals surface area (Å²) in [6, 6.07) is 0. The van der Waals surface area contributed by atoms with Crippen molar-refractivity contribution in [2.45, 2.75) is 98.5 Å². The Balaban J connectivity index is 1.57. The van der Waals surface area contributed by atoms with Crippen LogP contribution >= 0.6 is 0 Å². The van der Waals surface area contributed by atoms with Crippen LogP contribution in [0.1, 0.15) is 92.4 Å². The Labute approximate surface area is 167 Å². The standard InChI is InChI=1S/C26H42O/c1-17(2)6-7-18(3)22-10-11-23-21-9-8-19-16-20(27)12-14-25(19,4)24(21)13-15-26(22,23)5/h6,9,18-20,22-24,27H,7-8,10-16H2,1-5H3/t18-,19+,20+,22-,23+,24+,25+,26-/m1/s1. The molecule has 8 atom stereocenters. The summed E-state index contributed by atoms with van der Waals surface area (Å²) in [4.78, 5) is 0. The number of rotatable bonds is 3. The highest BCUT2D eigenvalue weighted by molar-refractivity contribution is 5.27. The highest BCUT2D eigenvalue weighted by Gasteiger charge is 2.57. The Hall–Kier alpha value is -0.560. The van der Waals surface area contributed by atoms with E-state index in [1.54, 1.807) is 0 Å². The fraction of sp³-hybridized carbons (Fsp3) is 0.846. The summed E-state index contributed by atoms with van der Waals surface area (Å²) in [7, 11) is 0. The molecule has 4 aliphatic rings. The van der Waals surface area contributed by atoms with E-state index in [9.17, 15) is 5.11 Å². The van der Waals surface area contributed by atoms with Crippen molar-refractivity contribution in [3.8, 4) is 0 Å². The molecule has 0 saturated heterocycles. The zero-order chi connectivity index (χ0) is 19.4. The molecule has 0 aromatic rings. The highest BCUT2D eigenvalue weighted by atomic mass is 16.3. The van der Waals surface area contributed by atoms with Crippen LogP contribution in [0.5, 0.6) is 0 Å². The van der Waals surface area contributed by atoms with Crippen LogP contribution in [0, 0.1) is 40.4 Å². The number of fused-ring (bicyclic) bond motifs is 5. The Kier molecular flexibility index (Phi) is 5.15. The van der Waals surface area contributed by atoms with E-state index < -0.39 is 0 Å². The van der Waals surface area contributed by atoms with E-state index in [-0.39, 0.29) is 6.10 Å². The first-order valence-corrected chi connectivity index (χ1v) is 11.8. The molecule has 4 aliphatic carbocycles. The normalized spacial score (nSPS) is 47.3. The van der Waals surface area contributed by atoms with Gasteiger partial charge < -0.3 is 5.11 Å². The lowest BCUT2D eigenvalue weighted by Gasteiger charge is -2.57. The predicted octanol–water partition coefficient (Wildman–Crippen LogP) is 6.92. The molecular weight excluding hydrogens is 328 g/mol. The average Bonchev–Trinajstić information content (AvgIpc) is 2.97. The highest BCUT2D eigenvalue weighted by Crippen LogP contribution is 2.66. The number of allylic oxidation sites excluding steroid dienone is 4. The molecule has 4 rings (SSSR count). The maximum absolute atomic E-state index is 10.2. The molecule has 0 aliphatic heterocycles. The molecule has 0 aromatic carbocycles. The van der Waals surface area contributed by atoms with Gasteiger partial charge in [0.1, 0.15) is 0 Å². The second-order valence-corrected chi connectivity index (χ2v) is 11.4. The van der Waals surface area contributed by atoms with Crippen LogP contribution < -0.4 is 0 Å². The summed E-state index contributed by atoms with van der Waals surface area (Å²) < 4.78 is 0. The fourth-order valence-electron chi connectivity index (χ4n) is 8.05. The van der Waals surface area contributed by atoms with Crippen molar-refractivity contribution in [2.75, 3.05) is 0 Å². The second kappa shape index (κ2) is 7.05. The average molecular weight is 371 g/mol. The topological polar surface area (TPSA) is 20.2 Å². The molecule has 27 heavy (non-hydrogen) atoms. The van der Waals surface area contributed by atoms with Crippen molar-refractivity contribution in [1.82, 2.24) is 0 Å². The minimum absolute atomic E-state index is 0.0429. The quantitative estimate of drug-likeness (QED) is 0.535. The van der Waals surface area contributed by atoms with E-state index in [0.717, 1.165) is 36.5 Å². The summed E-state index contributed by atoms with van der Waals surface area (Å²) in [5.41, 5.74) is 4.31. The Morgan fingerprint density at radius 3 is 2.56 bits per heavy atom. The number of hydrogen-bond donors (Lipinski definition) is 1. The molecule has 0 heterocycles. The number of aliphatic hydroxyl groups is 1. The molecule has 1 N–H and O–H groups in total. The summed E-state index contributed by atoms with van der Waals surface area (Å²) >= 11 is 0. The molecule has 1 heteroatoms. The van der Waals surface area contributed by atoms with Gasteiger partial charge in [0.2, 0.25) is 0 Å². The Bertz CT molecular complexity index is 626. The third-order valence-corrected chi connectivity index (χ3v) is 9.71. The third-order valence-electron chi connectivity index (χ3n) is 9.71. The molecular formula is C26H42O. The van der Waals surface area contributed by atoms with Gasteiger partial charge >= 0.3 is 0 Å². The predicted molar refractivity (Wildman–Crippen MR) is 114 cm³/mol. The smallest absolute Gasteiger partial charge is 0.0543 e. The molecule has 1 nitrogen and oxygen atoms in total. The van der Waals surface area contributed by atoms with Crippen LogP contribution in [-0.2, 0) is 0 Å². The minimum atomic E-state index is -0.0429. The van der Waals surface area contributed by atoms with Crippen LogP contribution in [0.3, 0.4) is 0 Å². The maximum atomic E-state index is 10.2. The third kappa shape index (κ3) is 3.17. The van der Waals surface area contributed by atoms with Gasteiger partial charge in [-0.1, -0.05) is 44.1 Å². The van der Waals surface area contributed by atoms with Crippen molar-refractivity contribution in [2.24, 2.45) is 40.4 Å². The van der Waals surface area contributed by atoms with Gasteiger partial charge in [0.15, 0.2) is 0 Å². The molecule has 0 radical (unpaired) electrons. The molecule has 0 bridgehead atoms. The van der Waals surface area contributed by atoms with Gasteiger partial charge in [0.05, 0.1) is 6.10 Å². The monoisotopic (exact) mass is 370 g/mol. The summed E-state index contributed by atoms with van der Waals surface area (Å²) in [5, 5.41) is 10.2. The van der Waals surface area contributed by atoms with Crippen molar-refractivity contribution in [1.29, 1.82) is 0 Å². The first-order valence-electron chi connectivity index (χ1n) is 11.8. The zero-order valence-electron chi connectivity index (χ0n) is 18.4. The Morgan fingerprint density at radius 1 is 1.11 bits per heavy atom. The molecule has 152 valence electrons. The van der Waals surface area contributed by atoms with Crippen LogP contribution in [-0.4, -0.2) is 11.2 Å². The van der Waals surface area contributed by atoms with Gasteiger partial charge in [-0.25, -0.2) is 0 Å². The van der Waals surface area contributed by atoms with E-state index >= 15 is 0 Å². The van der Waals surface area contributed by atoms with Crippen molar-refractivity contribution in [3.63, 3.8) is 0 Å². The van der Waals surface area contributed by atoms with Crippen molar-refractivity contribution >= 4 is 0 Å².